The SMILES string of the molecule is CC(C)C[C@H]1NC(=O)[C@@H](C)N(C)C(=O)[C@H](C2CC2)NC[C@@H](C)Oc2cccnc2CCCNC1=O. The summed E-state index contributed by atoms with van der Waals surface area (Å²) in [6.07, 6.45) is 5.40. The summed E-state index contributed by atoms with van der Waals surface area (Å²) in [7, 11) is 1.65. The number of carbonyl (C=O) groups is 3. The Kier molecular flexibility index (Phi) is 9.48. The van der Waals surface area contributed by atoms with E-state index in [0.717, 1.165) is 24.3 Å². The molecule has 2 heterocycles. The average molecular weight is 488 g/mol. The minimum Gasteiger partial charge on any atom is -0.487 e. The van der Waals surface area contributed by atoms with Gasteiger partial charge in [0.15, 0.2) is 0 Å². The van der Waals surface area contributed by atoms with E-state index >= 15 is 0 Å². The molecule has 0 unspecified atom stereocenters. The molecule has 0 spiro atoms. The van der Waals surface area contributed by atoms with Crippen LogP contribution in [0.1, 0.15) is 59.1 Å². The van der Waals surface area contributed by atoms with Gasteiger partial charge in [0.2, 0.25) is 17.7 Å². The first kappa shape index (κ1) is 26.9. The standard InChI is InChI=1S/C26H41N5O4/c1-16(2)14-21-25(33)28-13-6-8-20-22(9-7-12-27-20)35-17(3)15-29-23(19-10-11-19)26(34)31(5)18(4)24(32)30-21/h7,9,12,16-19,21,23,29H,6,8,10-11,13-15H2,1-5H3,(H,28,33)(H,30,32)/t17-,18-,21-,23+/m1/s1. The van der Waals surface area contributed by atoms with E-state index in [1.54, 1.807) is 20.2 Å². The third-order valence-electron chi connectivity index (χ3n) is 6.70. The first-order valence-electron chi connectivity index (χ1n) is 12.9. The molecule has 0 aromatic carbocycles. The van der Waals surface area contributed by atoms with Gasteiger partial charge in [-0.05, 0) is 69.9 Å². The Balaban J connectivity index is 1.82. The number of hydrogen-bond acceptors (Lipinski definition) is 6. The van der Waals surface area contributed by atoms with Crippen LogP contribution in [0.3, 0.4) is 0 Å². The van der Waals surface area contributed by atoms with Crippen molar-refractivity contribution in [3.05, 3.63) is 24.0 Å². The summed E-state index contributed by atoms with van der Waals surface area (Å²) in [6.45, 7) is 8.66. The molecule has 3 rings (SSSR count). The van der Waals surface area contributed by atoms with Crippen molar-refractivity contribution < 1.29 is 19.1 Å². The predicted molar refractivity (Wildman–Crippen MR) is 134 cm³/mol. The van der Waals surface area contributed by atoms with Gasteiger partial charge in [-0.1, -0.05) is 13.8 Å². The van der Waals surface area contributed by atoms with Gasteiger partial charge in [-0.2, -0.15) is 0 Å². The van der Waals surface area contributed by atoms with E-state index in [4.69, 9.17) is 4.74 Å². The first-order chi connectivity index (χ1) is 16.7. The molecule has 2 aliphatic rings. The highest BCUT2D eigenvalue weighted by molar-refractivity contribution is 5.93. The van der Waals surface area contributed by atoms with E-state index in [1.807, 2.05) is 32.9 Å². The van der Waals surface area contributed by atoms with E-state index < -0.39 is 12.1 Å². The highest BCUT2D eigenvalue weighted by Crippen LogP contribution is 2.33. The maximum atomic E-state index is 13.4. The lowest BCUT2D eigenvalue weighted by molar-refractivity contribution is -0.141. The maximum absolute atomic E-state index is 13.4. The zero-order valence-electron chi connectivity index (χ0n) is 21.7. The summed E-state index contributed by atoms with van der Waals surface area (Å²) in [5.41, 5.74) is 0.838. The van der Waals surface area contributed by atoms with Crippen LogP contribution >= 0.6 is 0 Å². The lowest BCUT2D eigenvalue weighted by Crippen LogP contribution is -2.56. The van der Waals surface area contributed by atoms with Gasteiger partial charge in [-0.3, -0.25) is 19.4 Å². The number of pyridine rings is 1. The Hall–Kier alpha value is -2.68. The van der Waals surface area contributed by atoms with Gasteiger partial charge in [0.05, 0.1) is 11.7 Å². The summed E-state index contributed by atoms with van der Waals surface area (Å²) in [5.74, 6) is 0.545. The zero-order chi connectivity index (χ0) is 25.5. The molecule has 194 valence electrons. The molecule has 9 nitrogen and oxygen atoms in total. The summed E-state index contributed by atoms with van der Waals surface area (Å²) < 4.78 is 6.17. The molecule has 1 aliphatic heterocycles. The largest absolute Gasteiger partial charge is 0.487 e. The monoisotopic (exact) mass is 487 g/mol. The number of aryl methyl sites for hydroxylation is 1. The molecule has 1 saturated carbocycles. The number of amides is 3. The van der Waals surface area contributed by atoms with Gasteiger partial charge >= 0.3 is 0 Å². The summed E-state index contributed by atoms with van der Waals surface area (Å²) in [5, 5.41) is 9.23. The van der Waals surface area contributed by atoms with Crippen LogP contribution in [0.25, 0.3) is 0 Å². The lowest BCUT2D eigenvalue weighted by Gasteiger charge is -2.31. The van der Waals surface area contributed by atoms with Gasteiger partial charge < -0.3 is 25.6 Å². The Labute approximate surface area is 208 Å². The molecule has 0 bridgehead atoms. The quantitative estimate of drug-likeness (QED) is 0.598. The topological polar surface area (TPSA) is 113 Å². The molecular weight excluding hydrogens is 446 g/mol. The summed E-state index contributed by atoms with van der Waals surface area (Å²) >= 11 is 0. The predicted octanol–water partition coefficient (Wildman–Crippen LogP) is 1.66. The Morgan fingerprint density at radius 2 is 1.91 bits per heavy atom. The Bertz CT molecular complexity index is 888. The smallest absolute Gasteiger partial charge is 0.243 e. The van der Waals surface area contributed by atoms with Crippen LogP contribution in [0, 0.1) is 11.8 Å². The first-order valence-corrected chi connectivity index (χ1v) is 12.9. The van der Waals surface area contributed by atoms with Crippen LogP contribution in [0.15, 0.2) is 18.3 Å². The Morgan fingerprint density at radius 1 is 1.17 bits per heavy atom. The number of likely N-dealkylation sites (N-methyl/N-ethyl adjacent to an activating group) is 1. The fourth-order valence-corrected chi connectivity index (χ4v) is 4.33. The number of fused-ring (bicyclic) bond motifs is 1. The molecule has 3 N–H and O–H groups in total. The summed E-state index contributed by atoms with van der Waals surface area (Å²) in [6, 6.07) is 2.03. The second-order valence-corrected chi connectivity index (χ2v) is 10.3. The van der Waals surface area contributed by atoms with Crippen LogP contribution < -0.4 is 20.7 Å². The van der Waals surface area contributed by atoms with E-state index in [-0.39, 0.29) is 41.7 Å². The van der Waals surface area contributed by atoms with Crippen molar-refractivity contribution in [1.29, 1.82) is 0 Å². The molecule has 4 atom stereocenters. The van der Waals surface area contributed by atoms with Crippen molar-refractivity contribution in [2.24, 2.45) is 11.8 Å². The molecule has 1 aromatic heterocycles. The number of carbonyl (C=O) groups excluding carboxylic acids is 3. The van der Waals surface area contributed by atoms with Gasteiger partial charge in [-0.25, -0.2) is 0 Å². The zero-order valence-corrected chi connectivity index (χ0v) is 21.7. The highest BCUT2D eigenvalue weighted by Gasteiger charge is 2.39. The lowest BCUT2D eigenvalue weighted by atomic mass is 10.0. The van der Waals surface area contributed by atoms with Gasteiger partial charge in [0, 0.05) is 26.3 Å². The molecule has 0 radical (unpaired) electrons. The van der Waals surface area contributed by atoms with Gasteiger partial charge in [-0.15, -0.1) is 0 Å². The van der Waals surface area contributed by atoms with E-state index in [1.165, 1.54) is 4.90 Å². The van der Waals surface area contributed by atoms with Gasteiger partial charge in [0.25, 0.3) is 0 Å². The van der Waals surface area contributed by atoms with Gasteiger partial charge in [0.1, 0.15) is 23.9 Å². The highest BCUT2D eigenvalue weighted by atomic mass is 16.5. The molecule has 1 aliphatic carbocycles. The number of aromatic nitrogens is 1. The average Bonchev–Trinajstić information content (AvgIpc) is 3.65. The summed E-state index contributed by atoms with van der Waals surface area (Å²) in [4.78, 5) is 45.3. The van der Waals surface area contributed by atoms with Crippen molar-refractivity contribution in [2.75, 3.05) is 20.1 Å². The van der Waals surface area contributed by atoms with Crippen molar-refractivity contribution in [3.8, 4) is 5.75 Å². The number of nitrogens with one attached hydrogen (secondary N) is 3. The molecule has 1 aromatic rings. The maximum Gasteiger partial charge on any atom is 0.243 e. The fraction of sp³-hybridized carbons (Fsp3) is 0.692. The third-order valence-corrected chi connectivity index (χ3v) is 6.70. The molecule has 0 saturated heterocycles. The van der Waals surface area contributed by atoms with Crippen molar-refractivity contribution >= 4 is 17.7 Å². The van der Waals surface area contributed by atoms with E-state index in [9.17, 15) is 14.4 Å². The minimum atomic E-state index is -0.696. The number of rotatable bonds is 3. The molecule has 9 heteroatoms. The minimum absolute atomic E-state index is 0.115. The van der Waals surface area contributed by atoms with E-state index in [0.29, 0.717) is 32.4 Å². The number of nitrogens with zero attached hydrogens (tertiary/aromatic N) is 2. The van der Waals surface area contributed by atoms with Crippen LogP contribution in [0.5, 0.6) is 5.75 Å². The molecular formula is C26H41N5O4. The van der Waals surface area contributed by atoms with Crippen molar-refractivity contribution in [2.45, 2.75) is 84.0 Å². The van der Waals surface area contributed by atoms with Crippen LogP contribution in [0.2, 0.25) is 0 Å². The molecule has 3 amide bonds. The van der Waals surface area contributed by atoms with E-state index in [2.05, 4.69) is 20.9 Å². The van der Waals surface area contributed by atoms with Crippen molar-refractivity contribution in [3.63, 3.8) is 0 Å². The second kappa shape index (κ2) is 12.3. The van der Waals surface area contributed by atoms with Crippen LogP contribution in [0.4, 0.5) is 0 Å². The fourth-order valence-electron chi connectivity index (χ4n) is 4.33. The third kappa shape index (κ3) is 7.65. The number of hydrogen-bond donors (Lipinski definition) is 3. The Morgan fingerprint density at radius 3 is 2.60 bits per heavy atom. The number of ether oxygens (including phenoxy) is 1. The van der Waals surface area contributed by atoms with Crippen molar-refractivity contribution in [1.82, 2.24) is 25.8 Å². The second-order valence-electron chi connectivity index (χ2n) is 10.3. The normalized spacial score (nSPS) is 27.8. The van der Waals surface area contributed by atoms with Crippen LogP contribution in [-0.4, -0.2) is 72.0 Å². The molecule has 35 heavy (non-hydrogen) atoms. The van der Waals surface area contributed by atoms with Crippen LogP contribution in [-0.2, 0) is 20.8 Å². The molecule has 1 fully saturated rings.